The number of rotatable bonds is 3. The van der Waals surface area contributed by atoms with Crippen LogP contribution in [0.4, 0.5) is 18.0 Å². The molecule has 1 fully saturated rings. The average Bonchev–Trinajstić information content (AvgIpc) is 2.83. The predicted octanol–water partition coefficient (Wildman–Crippen LogP) is 1.31. The molecule has 2 N–H and O–H groups in total. The van der Waals surface area contributed by atoms with E-state index >= 15 is 0 Å². The molecule has 3 amide bonds. The van der Waals surface area contributed by atoms with E-state index < -0.39 is 47.0 Å². The van der Waals surface area contributed by atoms with E-state index in [1.807, 2.05) is 5.32 Å². The topological polar surface area (TPSA) is 80.2 Å². The summed E-state index contributed by atoms with van der Waals surface area (Å²) in [6, 6.07) is 3.44. The molecule has 1 aromatic heterocycles. The Bertz CT molecular complexity index is 934. The SMILES string of the molecule is Cc1cccn(CC2(c3cc(F)c(F)c(F)c3)NC(=O)NC2=O)c1=O. The minimum atomic E-state index is -1.95. The number of hydrogen-bond acceptors (Lipinski definition) is 3. The molecule has 130 valence electrons. The first-order valence-corrected chi connectivity index (χ1v) is 7.19. The van der Waals surface area contributed by atoms with Crippen molar-refractivity contribution in [3.63, 3.8) is 0 Å². The number of carbonyl (C=O) groups is 2. The third-order valence-corrected chi connectivity index (χ3v) is 4.04. The number of pyridine rings is 1. The molecule has 0 aliphatic carbocycles. The number of imide groups is 1. The van der Waals surface area contributed by atoms with Crippen molar-refractivity contribution in [3.05, 3.63) is 69.4 Å². The van der Waals surface area contributed by atoms with Gasteiger partial charge in [-0.2, -0.15) is 0 Å². The highest BCUT2D eigenvalue weighted by molar-refractivity contribution is 6.07. The van der Waals surface area contributed by atoms with Crippen molar-refractivity contribution in [1.29, 1.82) is 0 Å². The summed E-state index contributed by atoms with van der Waals surface area (Å²) in [5, 5.41) is 4.26. The van der Waals surface area contributed by atoms with E-state index in [1.165, 1.54) is 6.20 Å². The minimum Gasteiger partial charge on any atom is -0.318 e. The van der Waals surface area contributed by atoms with E-state index in [1.54, 1.807) is 19.1 Å². The molecule has 6 nitrogen and oxygen atoms in total. The maximum absolute atomic E-state index is 13.6. The Morgan fingerprint density at radius 3 is 2.32 bits per heavy atom. The summed E-state index contributed by atoms with van der Waals surface area (Å²) in [7, 11) is 0. The molecule has 0 bridgehead atoms. The minimum absolute atomic E-state index is 0.319. The van der Waals surface area contributed by atoms with Gasteiger partial charge in [0.1, 0.15) is 0 Å². The lowest BCUT2D eigenvalue weighted by Gasteiger charge is -2.27. The van der Waals surface area contributed by atoms with Crippen molar-refractivity contribution >= 4 is 11.9 Å². The molecule has 9 heteroatoms. The van der Waals surface area contributed by atoms with Gasteiger partial charge in [0.2, 0.25) is 0 Å². The van der Waals surface area contributed by atoms with Crippen molar-refractivity contribution < 1.29 is 22.8 Å². The van der Waals surface area contributed by atoms with Crippen molar-refractivity contribution in [1.82, 2.24) is 15.2 Å². The molecule has 1 aliphatic heterocycles. The molecule has 1 atom stereocenters. The van der Waals surface area contributed by atoms with Crippen LogP contribution in [-0.2, 0) is 16.9 Å². The first-order chi connectivity index (χ1) is 11.7. The zero-order valence-corrected chi connectivity index (χ0v) is 12.9. The summed E-state index contributed by atoms with van der Waals surface area (Å²) in [6.45, 7) is 1.13. The van der Waals surface area contributed by atoms with Gasteiger partial charge >= 0.3 is 6.03 Å². The summed E-state index contributed by atoms with van der Waals surface area (Å²) >= 11 is 0. The Balaban J connectivity index is 2.19. The van der Waals surface area contributed by atoms with Gasteiger partial charge in [0.15, 0.2) is 23.0 Å². The second-order valence-electron chi connectivity index (χ2n) is 5.69. The monoisotopic (exact) mass is 351 g/mol. The lowest BCUT2D eigenvalue weighted by atomic mass is 9.89. The Morgan fingerprint density at radius 2 is 1.76 bits per heavy atom. The van der Waals surface area contributed by atoms with Crippen LogP contribution in [0.25, 0.3) is 0 Å². The van der Waals surface area contributed by atoms with Crippen molar-refractivity contribution in [2.24, 2.45) is 0 Å². The van der Waals surface area contributed by atoms with E-state index in [0.717, 1.165) is 4.57 Å². The molecule has 0 saturated carbocycles. The maximum atomic E-state index is 13.6. The van der Waals surface area contributed by atoms with Gasteiger partial charge in [-0.3, -0.25) is 14.9 Å². The highest BCUT2D eigenvalue weighted by Crippen LogP contribution is 2.29. The van der Waals surface area contributed by atoms with E-state index in [-0.39, 0.29) is 5.56 Å². The van der Waals surface area contributed by atoms with Crippen LogP contribution in [0.5, 0.6) is 0 Å². The molecule has 2 aromatic rings. The van der Waals surface area contributed by atoms with Crippen LogP contribution < -0.4 is 16.2 Å². The normalized spacial score (nSPS) is 19.7. The number of amides is 3. The van der Waals surface area contributed by atoms with E-state index in [0.29, 0.717) is 17.7 Å². The standard InChI is InChI=1S/C16H12F3N3O3/c1-8-3-2-4-22(13(8)23)7-16(14(24)20-15(25)21-16)9-5-10(17)12(19)11(18)6-9/h2-6H,7H2,1H3,(H2,20,21,24,25). The Hall–Kier alpha value is -3.10. The highest BCUT2D eigenvalue weighted by Gasteiger charge is 2.49. The molecular formula is C16H12F3N3O3. The lowest BCUT2D eigenvalue weighted by molar-refractivity contribution is -0.124. The summed E-state index contributed by atoms with van der Waals surface area (Å²) in [5.74, 6) is -5.63. The Labute approximate surface area is 139 Å². The van der Waals surface area contributed by atoms with Crippen molar-refractivity contribution in [3.8, 4) is 0 Å². The van der Waals surface area contributed by atoms with Gasteiger partial charge < -0.3 is 9.88 Å². The van der Waals surface area contributed by atoms with Crippen LogP contribution in [0, 0.1) is 24.4 Å². The first kappa shape index (κ1) is 16.7. The van der Waals surface area contributed by atoms with Gasteiger partial charge in [0.25, 0.3) is 11.5 Å². The molecule has 0 spiro atoms. The Kier molecular flexibility index (Phi) is 3.86. The second-order valence-corrected chi connectivity index (χ2v) is 5.69. The molecule has 25 heavy (non-hydrogen) atoms. The molecule has 2 heterocycles. The average molecular weight is 351 g/mol. The van der Waals surface area contributed by atoms with Gasteiger partial charge in [-0.25, -0.2) is 18.0 Å². The number of carbonyl (C=O) groups excluding carboxylic acids is 2. The van der Waals surface area contributed by atoms with E-state index in [2.05, 4.69) is 5.32 Å². The zero-order valence-electron chi connectivity index (χ0n) is 12.9. The summed E-state index contributed by atoms with van der Waals surface area (Å²) in [6.07, 6.45) is 1.37. The summed E-state index contributed by atoms with van der Waals surface area (Å²) < 4.78 is 41.7. The number of aromatic nitrogens is 1. The van der Waals surface area contributed by atoms with Crippen LogP contribution >= 0.6 is 0 Å². The summed E-state index contributed by atoms with van der Waals surface area (Å²) in [5.41, 5.74) is -2.34. The summed E-state index contributed by atoms with van der Waals surface area (Å²) in [4.78, 5) is 36.2. The number of halogens is 3. The molecule has 1 aliphatic rings. The molecular weight excluding hydrogens is 339 g/mol. The predicted molar refractivity (Wildman–Crippen MR) is 80.1 cm³/mol. The lowest BCUT2D eigenvalue weighted by Crippen LogP contribution is -2.49. The van der Waals surface area contributed by atoms with Crippen LogP contribution in [0.2, 0.25) is 0 Å². The third-order valence-electron chi connectivity index (χ3n) is 4.04. The quantitative estimate of drug-likeness (QED) is 0.646. The van der Waals surface area contributed by atoms with Crippen molar-refractivity contribution in [2.45, 2.75) is 19.0 Å². The van der Waals surface area contributed by atoms with Gasteiger partial charge in [0.05, 0.1) is 6.54 Å². The number of nitrogens with one attached hydrogen (secondary N) is 2. The van der Waals surface area contributed by atoms with Crippen LogP contribution in [0.3, 0.4) is 0 Å². The fourth-order valence-electron chi connectivity index (χ4n) is 2.74. The van der Waals surface area contributed by atoms with Gasteiger partial charge in [0, 0.05) is 11.8 Å². The fourth-order valence-corrected chi connectivity index (χ4v) is 2.74. The smallest absolute Gasteiger partial charge is 0.318 e. The number of benzene rings is 1. The zero-order chi connectivity index (χ0) is 18.4. The van der Waals surface area contributed by atoms with Gasteiger partial charge in [-0.1, -0.05) is 6.07 Å². The van der Waals surface area contributed by atoms with Crippen LogP contribution in [0.1, 0.15) is 11.1 Å². The number of nitrogens with zero attached hydrogens (tertiary/aromatic N) is 1. The van der Waals surface area contributed by atoms with Gasteiger partial charge in [-0.15, -0.1) is 0 Å². The third kappa shape index (κ3) is 2.67. The number of hydrogen-bond donors (Lipinski definition) is 2. The van der Waals surface area contributed by atoms with E-state index in [4.69, 9.17) is 0 Å². The van der Waals surface area contributed by atoms with Crippen molar-refractivity contribution in [2.75, 3.05) is 0 Å². The number of aryl methyl sites for hydroxylation is 1. The van der Waals surface area contributed by atoms with Crippen LogP contribution in [-0.4, -0.2) is 16.5 Å². The Morgan fingerprint density at radius 1 is 1.12 bits per heavy atom. The molecule has 1 unspecified atom stereocenters. The molecule has 1 saturated heterocycles. The van der Waals surface area contributed by atoms with E-state index in [9.17, 15) is 27.6 Å². The molecule has 0 radical (unpaired) electrons. The first-order valence-electron chi connectivity index (χ1n) is 7.19. The largest absolute Gasteiger partial charge is 0.322 e. The van der Waals surface area contributed by atoms with Gasteiger partial charge in [-0.05, 0) is 30.7 Å². The molecule has 1 aromatic carbocycles. The molecule has 3 rings (SSSR count). The number of urea groups is 1. The second kappa shape index (κ2) is 5.76. The van der Waals surface area contributed by atoms with Crippen LogP contribution in [0.15, 0.2) is 35.3 Å². The fraction of sp³-hybridized carbons (Fsp3) is 0.188. The maximum Gasteiger partial charge on any atom is 0.322 e. The highest BCUT2D eigenvalue weighted by atomic mass is 19.2.